The van der Waals surface area contributed by atoms with Gasteiger partial charge in [0.05, 0.1) is 18.9 Å². The molecule has 1 fully saturated rings. The van der Waals surface area contributed by atoms with E-state index < -0.39 is 0 Å². The van der Waals surface area contributed by atoms with Crippen LogP contribution in [0.15, 0.2) is 24.3 Å². The number of thioether (sulfide) groups is 2. The summed E-state index contributed by atoms with van der Waals surface area (Å²) in [5, 5.41) is 0. The molecular weight excluding hydrogens is 238 g/mol. The maximum absolute atomic E-state index is 5.26. The number of methoxy groups -OCH3 is 1. The van der Waals surface area contributed by atoms with Gasteiger partial charge < -0.3 is 9.64 Å². The quantitative estimate of drug-likeness (QED) is 0.803. The van der Waals surface area contributed by atoms with Crippen LogP contribution >= 0.6 is 23.5 Å². The van der Waals surface area contributed by atoms with Crippen molar-refractivity contribution in [1.29, 1.82) is 0 Å². The zero-order chi connectivity index (χ0) is 11.2. The van der Waals surface area contributed by atoms with Crippen molar-refractivity contribution in [3.8, 4) is 5.75 Å². The largest absolute Gasteiger partial charge is 0.497 e. The fourth-order valence-corrected chi connectivity index (χ4v) is 3.78. The van der Waals surface area contributed by atoms with Crippen molar-refractivity contribution in [2.75, 3.05) is 35.3 Å². The summed E-state index contributed by atoms with van der Waals surface area (Å²) in [5.41, 5.74) is 1.27. The van der Waals surface area contributed by atoms with E-state index >= 15 is 0 Å². The first-order valence-corrected chi connectivity index (χ1v) is 7.75. The predicted octanol–water partition coefficient (Wildman–Crippen LogP) is 3.29. The minimum atomic E-state index is 0.939. The summed E-state index contributed by atoms with van der Waals surface area (Å²) < 4.78 is 5.26. The molecule has 1 aliphatic heterocycles. The molecule has 0 spiro atoms. The Kier molecular flexibility index (Phi) is 4.72. The Labute approximate surface area is 106 Å². The SMILES string of the molecule is COc1cccc(N2CSCCCSC2)c1. The topological polar surface area (TPSA) is 12.5 Å². The van der Waals surface area contributed by atoms with E-state index in [1.165, 1.54) is 23.6 Å². The van der Waals surface area contributed by atoms with E-state index in [0.29, 0.717) is 0 Å². The number of benzene rings is 1. The van der Waals surface area contributed by atoms with Crippen LogP contribution in [0.25, 0.3) is 0 Å². The molecule has 1 saturated heterocycles. The summed E-state index contributed by atoms with van der Waals surface area (Å²) in [5.74, 6) is 5.65. The van der Waals surface area contributed by atoms with Crippen molar-refractivity contribution in [1.82, 2.24) is 0 Å². The minimum Gasteiger partial charge on any atom is -0.497 e. The molecule has 0 saturated carbocycles. The second kappa shape index (κ2) is 6.30. The summed E-state index contributed by atoms with van der Waals surface area (Å²) in [6.45, 7) is 0. The highest BCUT2D eigenvalue weighted by atomic mass is 32.2. The fraction of sp³-hybridized carbons (Fsp3) is 0.500. The van der Waals surface area contributed by atoms with E-state index in [4.69, 9.17) is 4.74 Å². The molecule has 1 aliphatic rings. The number of ether oxygens (including phenoxy) is 1. The van der Waals surface area contributed by atoms with Gasteiger partial charge in [-0.1, -0.05) is 6.07 Å². The standard InChI is InChI=1S/C12H17NOS2/c1-14-12-5-2-4-11(8-12)13-9-15-6-3-7-16-10-13/h2,4-5,8H,3,6-7,9-10H2,1H3. The van der Waals surface area contributed by atoms with Crippen LogP contribution in [-0.4, -0.2) is 30.4 Å². The summed E-state index contributed by atoms with van der Waals surface area (Å²) in [4.78, 5) is 2.41. The Morgan fingerprint density at radius 3 is 2.62 bits per heavy atom. The van der Waals surface area contributed by atoms with Gasteiger partial charge in [0, 0.05) is 11.8 Å². The van der Waals surface area contributed by atoms with Crippen LogP contribution in [-0.2, 0) is 0 Å². The summed E-state index contributed by atoms with van der Waals surface area (Å²) in [7, 11) is 1.72. The molecule has 88 valence electrons. The molecule has 1 aromatic carbocycles. The number of hydrogen-bond acceptors (Lipinski definition) is 4. The third-order valence-corrected chi connectivity index (χ3v) is 4.63. The highest BCUT2D eigenvalue weighted by molar-refractivity contribution is 8.00. The predicted molar refractivity (Wildman–Crippen MR) is 74.7 cm³/mol. The number of nitrogens with zero attached hydrogens (tertiary/aromatic N) is 1. The van der Waals surface area contributed by atoms with Crippen LogP contribution in [0.3, 0.4) is 0 Å². The zero-order valence-electron chi connectivity index (χ0n) is 9.52. The fourth-order valence-electron chi connectivity index (χ4n) is 1.61. The molecule has 0 unspecified atom stereocenters. The molecular formula is C12H17NOS2. The van der Waals surface area contributed by atoms with Gasteiger partial charge in [-0.15, -0.1) is 23.5 Å². The molecule has 0 radical (unpaired) electrons. The molecule has 0 bridgehead atoms. The zero-order valence-corrected chi connectivity index (χ0v) is 11.1. The van der Waals surface area contributed by atoms with Gasteiger partial charge >= 0.3 is 0 Å². The highest BCUT2D eigenvalue weighted by Crippen LogP contribution is 2.26. The van der Waals surface area contributed by atoms with Gasteiger partial charge in [0.2, 0.25) is 0 Å². The van der Waals surface area contributed by atoms with E-state index in [-0.39, 0.29) is 0 Å². The lowest BCUT2D eigenvalue weighted by Gasteiger charge is -2.26. The van der Waals surface area contributed by atoms with Gasteiger partial charge in [-0.05, 0) is 30.1 Å². The Morgan fingerprint density at radius 1 is 1.19 bits per heavy atom. The molecule has 1 aromatic rings. The second-order valence-corrected chi connectivity index (χ2v) is 5.82. The summed E-state index contributed by atoms with van der Waals surface area (Å²) in [6, 6.07) is 8.32. The lowest BCUT2D eigenvalue weighted by Crippen LogP contribution is -2.23. The third-order valence-electron chi connectivity index (χ3n) is 2.49. The van der Waals surface area contributed by atoms with Gasteiger partial charge in [0.15, 0.2) is 0 Å². The Hall–Kier alpha value is -0.480. The van der Waals surface area contributed by atoms with E-state index in [1.807, 2.05) is 29.6 Å². The minimum absolute atomic E-state index is 0.939. The average Bonchev–Trinajstić information content (AvgIpc) is 2.29. The lowest BCUT2D eigenvalue weighted by atomic mass is 10.3. The maximum atomic E-state index is 5.26. The first-order chi connectivity index (χ1) is 7.90. The normalized spacial score (nSPS) is 17.7. The second-order valence-electron chi connectivity index (χ2n) is 3.67. The van der Waals surface area contributed by atoms with Crippen LogP contribution in [0, 0.1) is 0 Å². The number of rotatable bonds is 2. The lowest BCUT2D eigenvalue weighted by molar-refractivity contribution is 0.415. The Morgan fingerprint density at radius 2 is 1.94 bits per heavy atom. The number of hydrogen-bond donors (Lipinski definition) is 0. The highest BCUT2D eigenvalue weighted by Gasteiger charge is 2.09. The van der Waals surface area contributed by atoms with Gasteiger partial charge in [-0.25, -0.2) is 0 Å². The Bertz CT molecular complexity index is 325. The maximum Gasteiger partial charge on any atom is 0.120 e. The first-order valence-electron chi connectivity index (χ1n) is 5.44. The summed E-state index contributed by atoms with van der Waals surface area (Å²) in [6.07, 6.45) is 1.33. The van der Waals surface area contributed by atoms with E-state index in [1.54, 1.807) is 7.11 Å². The smallest absolute Gasteiger partial charge is 0.120 e. The van der Waals surface area contributed by atoms with Crippen LogP contribution in [0.1, 0.15) is 6.42 Å². The molecule has 1 heterocycles. The molecule has 2 nitrogen and oxygen atoms in total. The van der Waals surface area contributed by atoms with Crippen LogP contribution < -0.4 is 9.64 Å². The van der Waals surface area contributed by atoms with E-state index in [0.717, 1.165) is 17.5 Å². The summed E-state index contributed by atoms with van der Waals surface area (Å²) >= 11 is 4.03. The van der Waals surface area contributed by atoms with Gasteiger partial charge in [0.25, 0.3) is 0 Å². The van der Waals surface area contributed by atoms with Gasteiger partial charge in [-0.3, -0.25) is 0 Å². The van der Waals surface area contributed by atoms with Crippen LogP contribution in [0.4, 0.5) is 5.69 Å². The molecule has 0 atom stereocenters. The molecule has 2 rings (SSSR count). The first kappa shape index (κ1) is 12.0. The third kappa shape index (κ3) is 3.25. The molecule has 0 amide bonds. The van der Waals surface area contributed by atoms with Crippen LogP contribution in [0.2, 0.25) is 0 Å². The van der Waals surface area contributed by atoms with Gasteiger partial charge in [-0.2, -0.15) is 0 Å². The monoisotopic (exact) mass is 255 g/mol. The average molecular weight is 255 g/mol. The van der Waals surface area contributed by atoms with Crippen molar-refractivity contribution < 1.29 is 4.74 Å². The molecule has 16 heavy (non-hydrogen) atoms. The van der Waals surface area contributed by atoms with Gasteiger partial charge in [0.1, 0.15) is 5.75 Å². The van der Waals surface area contributed by atoms with Crippen molar-refractivity contribution >= 4 is 29.2 Å². The van der Waals surface area contributed by atoms with Crippen molar-refractivity contribution in [3.05, 3.63) is 24.3 Å². The van der Waals surface area contributed by atoms with E-state index in [2.05, 4.69) is 23.1 Å². The molecule has 0 N–H and O–H groups in total. The molecule has 4 heteroatoms. The molecule has 0 aliphatic carbocycles. The van der Waals surface area contributed by atoms with Crippen molar-refractivity contribution in [2.24, 2.45) is 0 Å². The number of anilines is 1. The van der Waals surface area contributed by atoms with Crippen LogP contribution in [0.5, 0.6) is 5.75 Å². The molecule has 0 aromatic heterocycles. The van der Waals surface area contributed by atoms with Crippen molar-refractivity contribution in [2.45, 2.75) is 6.42 Å². The van der Waals surface area contributed by atoms with Crippen molar-refractivity contribution in [3.63, 3.8) is 0 Å². The Balaban J connectivity index is 2.07. The van der Waals surface area contributed by atoms with E-state index in [9.17, 15) is 0 Å².